The molecule has 0 amide bonds. The van der Waals surface area contributed by atoms with Crippen molar-refractivity contribution in [2.24, 2.45) is 7.05 Å². The number of aromatic nitrogens is 2. The van der Waals surface area contributed by atoms with Crippen LogP contribution in [0.2, 0.25) is 10.0 Å². The summed E-state index contributed by atoms with van der Waals surface area (Å²) in [4.78, 5) is 11.9. The average molecular weight is 281 g/mol. The molecular weight excluding hydrogens is 271 g/mol. The zero-order chi connectivity index (χ0) is 13.1. The highest BCUT2D eigenvalue weighted by Crippen LogP contribution is 2.21. The molecule has 2 aromatic rings. The molecule has 0 atom stereocenters. The highest BCUT2D eigenvalue weighted by Gasteiger charge is 2.07. The summed E-state index contributed by atoms with van der Waals surface area (Å²) in [5.41, 5.74) is 1.29. The lowest BCUT2D eigenvalue weighted by Crippen LogP contribution is -1.95. The van der Waals surface area contributed by atoms with Crippen LogP contribution < -0.4 is 0 Å². The second-order valence-corrected chi connectivity index (χ2v) is 4.61. The van der Waals surface area contributed by atoms with Gasteiger partial charge in [0, 0.05) is 29.4 Å². The number of hydrogen-bond acceptors (Lipinski definition) is 2. The fourth-order valence-electron chi connectivity index (χ4n) is 1.48. The standard InChI is InChI=1S/C13H10Cl2N2O/c1-17-8-9(7-16-17)2-5-13(18)11-4-3-10(14)6-12(11)15/h2-8H,1H3/b5-2+. The molecule has 0 radical (unpaired) electrons. The smallest absolute Gasteiger partial charge is 0.187 e. The van der Waals surface area contributed by atoms with Gasteiger partial charge in [0.25, 0.3) is 0 Å². The van der Waals surface area contributed by atoms with Gasteiger partial charge in [-0.1, -0.05) is 23.2 Å². The maximum atomic E-state index is 11.9. The fourth-order valence-corrected chi connectivity index (χ4v) is 1.98. The van der Waals surface area contributed by atoms with Gasteiger partial charge in [-0.2, -0.15) is 5.10 Å². The number of halogens is 2. The third-order valence-electron chi connectivity index (χ3n) is 2.35. The van der Waals surface area contributed by atoms with Crippen LogP contribution in [0.3, 0.4) is 0 Å². The van der Waals surface area contributed by atoms with E-state index in [0.717, 1.165) is 5.56 Å². The number of carbonyl (C=O) groups is 1. The van der Waals surface area contributed by atoms with E-state index < -0.39 is 0 Å². The van der Waals surface area contributed by atoms with Crippen LogP contribution in [-0.4, -0.2) is 15.6 Å². The summed E-state index contributed by atoms with van der Waals surface area (Å²) >= 11 is 11.7. The molecule has 0 spiro atoms. The van der Waals surface area contributed by atoms with E-state index in [1.165, 1.54) is 6.08 Å². The minimum absolute atomic E-state index is 0.166. The fraction of sp³-hybridized carbons (Fsp3) is 0.0769. The summed E-state index contributed by atoms with van der Waals surface area (Å²) in [6.45, 7) is 0. The van der Waals surface area contributed by atoms with Gasteiger partial charge in [0.15, 0.2) is 5.78 Å². The van der Waals surface area contributed by atoms with Crippen LogP contribution in [-0.2, 0) is 7.05 Å². The Morgan fingerprint density at radius 2 is 2.17 bits per heavy atom. The van der Waals surface area contributed by atoms with Crippen LogP contribution in [0.15, 0.2) is 36.7 Å². The molecule has 92 valence electrons. The Morgan fingerprint density at radius 3 is 2.78 bits per heavy atom. The Hall–Kier alpha value is -1.58. The molecule has 0 N–H and O–H groups in total. The lowest BCUT2D eigenvalue weighted by atomic mass is 10.1. The number of rotatable bonds is 3. The maximum Gasteiger partial charge on any atom is 0.187 e. The Balaban J connectivity index is 2.19. The molecule has 0 unspecified atom stereocenters. The second kappa shape index (κ2) is 5.38. The highest BCUT2D eigenvalue weighted by atomic mass is 35.5. The molecule has 5 heteroatoms. The van der Waals surface area contributed by atoms with Gasteiger partial charge < -0.3 is 0 Å². The first kappa shape index (κ1) is 12.9. The molecule has 1 aromatic carbocycles. The second-order valence-electron chi connectivity index (χ2n) is 3.77. The van der Waals surface area contributed by atoms with E-state index in [9.17, 15) is 4.79 Å². The number of ketones is 1. The zero-order valence-corrected chi connectivity index (χ0v) is 11.1. The molecule has 1 heterocycles. The molecule has 0 bridgehead atoms. The van der Waals surface area contributed by atoms with Crippen molar-refractivity contribution in [3.63, 3.8) is 0 Å². The van der Waals surface area contributed by atoms with Crippen LogP contribution >= 0.6 is 23.2 Å². The van der Waals surface area contributed by atoms with Crippen molar-refractivity contribution < 1.29 is 4.79 Å². The summed E-state index contributed by atoms with van der Waals surface area (Å²) in [6.07, 6.45) is 6.65. The summed E-state index contributed by atoms with van der Waals surface area (Å²) in [6, 6.07) is 4.80. The Bertz CT molecular complexity index is 617. The van der Waals surface area contributed by atoms with Crippen LogP contribution in [0.1, 0.15) is 15.9 Å². The number of nitrogens with zero attached hydrogens (tertiary/aromatic N) is 2. The Morgan fingerprint density at radius 1 is 1.39 bits per heavy atom. The van der Waals surface area contributed by atoms with Crippen LogP contribution in [0.5, 0.6) is 0 Å². The van der Waals surface area contributed by atoms with E-state index in [-0.39, 0.29) is 5.78 Å². The predicted octanol–water partition coefficient (Wildman–Crippen LogP) is 3.62. The molecule has 0 saturated carbocycles. The monoisotopic (exact) mass is 280 g/mol. The highest BCUT2D eigenvalue weighted by molar-refractivity contribution is 6.37. The first-order chi connectivity index (χ1) is 8.56. The van der Waals surface area contributed by atoms with Crippen molar-refractivity contribution in [2.45, 2.75) is 0 Å². The number of allylic oxidation sites excluding steroid dienone is 1. The molecule has 0 aliphatic rings. The van der Waals surface area contributed by atoms with Crippen LogP contribution in [0.4, 0.5) is 0 Å². The van der Waals surface area contributed by atoms with Gasteiger partial charge in [-0.3, -0.25) is 9.48 Å². The topological polar surface area (TPSA) is 34.9 Å². The van der Waals surface area contributed by atoms with E-state index >= 15 is 0 Å². The number of benzene rings is 1. The third kappa shape index (κ3) is 3.00. The normalized spacial score (nSPS) is 11.1. The van der Waals surface area contributed by atoms with Crippen molar-refractivity contribution in [3.8, 4) is 0 Å². The van der Waals surface area contributed by atoms with Gasteiger partial charge >= 0.3 is 0 Å². The van der Waals surface area contributed by atoms with E-state index in [2.05, 4.69) is 5.10 Å². The van der Waals surface area contributed by atoms with E-state index in [0.29, 0.717) is 15.6 Å². The number of hydrogen-bond donors (Lipinski definition) is 0. The van der Waals surface area contributed by atoms with Crippen molar-refractivity contribution in [3.05, 3.63) is 57.8 Å². The van der Waals surface area contributed by atoms with Crippen LogP contribution in [0, 0.1) is 0 Å². The number of aryl methyl sites for hydroxylation is 1. The van der Waals surface area contributed by atoms with Crippen molar-refractivity contribution >= 4 is 35.1 Å². The van der Waals surface area contributed by atoms with Gasteiger partial charge in [-0.15, -0.1) is 0 Å². The minimum Gasteiger partial charge on any atom is -0.289 e. The summed E-state index contributed by atoms with van der Waals surface area (Å²) in [5.74, 6) is -0.166. The van der Waals surface area contributed by atoms with Crippen molar-refractivity contribution in [1.29, 1.82) is 0 Å². The predicted molar refractivity (Wildman–Crippen MR) is 73.0 cm³/mol. The lowest BCUT2D eigenvalue weighted by molar-refractivity contribution is 0.104. The van der Waals surface area contributed by atoms with Gasteiger partial charge in [-0.25, -0.2) is 0 Å². The Labute approximate surface area is 115 Å². The van der Waals surface area contributed by atoms with Gasteiger partial charge in [0.1, 0.15) is 0 Å². The van der Waals surface area contributed by atoms with Gasteiger partial charge in [0.05, 0.1) is 11.2 Å². The molecule has 0 aliphatic carbocycles. The van der Waals surface area contributed by atoms with Gasteiger partial charge in [-0.05, 0) is 30.4 Å². The molecule has 1 aromatic heterocycles. The largest absolute Gasteiger partial charge is 0.289 e. The molecule has 18 heavy (non-hydrogen) atoms. The molecule has 0 saturated heterocycles. The first-order valence-electron chi connectivity index (χ1n) is 5.22. The third-order valence-corrected chi connectivity index (χ3v) is 2.90. The lowest BCUT2D eigenvalue weighted by Gasteiger charge is -1.99. The Kier molecular flexibility index (Phi) is 3.84. The van der Waals surface area contributed by atoms with Gasteiger partial charge in [0.2, 0.25) is 0 Å². The van der Waals surface area contributed by atoms with Crippen molar-refractivity contribution in [2.75, 3.05) is 0 Å². The molecule has 0 fully saturated rings. The zero-order valence-electron chi connectivity index (χ0n) is 9.60. The van der Waals surface area contributed by atoms with Crippen molar-refractivity contribution in [1.82, 2.24) is 9.78 Å². The molecule has 0 aliphatic heterocycles. The molecule has 3 nitrogen and oxygen atoms in total. The SMILES string of the molecule is Cn1cc(/C=C/C(=O)c2ccc(Cl)cc2Cl)cn1. The first-order valence-corrected chi connectivity index (χ1v) is 5.98. The number of carbonyl (C=O) groups excluding carboxylic acids is 1. The molecular formula is C13H10Cl2N2O. The summed E-state index contributed by atoms with van der Waals surface area (Å²) in [7, 11) is 1.81. The summed E-state index contributed by atoms with van der Waals surface area (Å²) < 4.78 is 1.67. The van der Waals surface area contributed by atoms with E-state index in [4.69, 9.17) is 23.2 Å². The van der Waals surface area contributed by atoms with E-state index in [1.54, 1.807) is 35.2 Å². The quantitative estimate of drug-likeness (QED) is 0.636. The summed E-state index contributed by atoms with van der Waals surface area (Å²) in [5, 5.41) is 4.86. The minimum atomic E-state index is -0.166. The average Bonchev–Trinajstić information content (AvgIpc) is 2.72. The van der Waals surface area contributed by atoms with Crippen LogP contribution in [0.25, 0.3) is 6.08 Å². The molecule has 2 rings (SSSR count). The maximum absolute atomic E-state index is 11.9. The van der Waals surface area contributed by atoms with E-state index in [1.807, 2.05) is 13.2 Å².